The van der Waals surface area contributed by atoms with Crippen molar-refractivity contribution in [3.8, 4) is 0 Å². The van der Waals surface area contributed by atoms with Crippen molar-refractivity contribution in [2.45, 2.75) is 57.7 Å². The summed E-state index contributed by atoms with van der Waals surface area (Å²) >= 11 is 0. The average Bonchev–Trinajstić information content (AvgIpc) is 2.47. The number of hydrogen-bond acceptors (Lipinski definition) is 4. The SMILES string of the molecule is CC(NC(=O)C1CCCC(N)C1)C(C)N1CCOCC1. The van der Waals surface area contributed by atoms with Crippen molar-refractivity contribution in [3.63, 3.8) is 0 Å². The highest BCUT2D eigenvalue weighted by atomic mass is 16.5. The van der Waals surface area contributed by atoms with E-state index in [0.717, 1.165) is 52.0 Å². The first-order valence-corrected chi connectivity index (χ1v) is 7.95. The lowest BCUT2D eigenvalue weighted by Crippen LogP contribution is -2.53. The summed E-state index contributed by atoms with van der Waals surface area (Å²) in [7, 11) is 0. The van der Waals surface area contributed by atoms with Crippen LogP contribution in [0.4, 0.5) is 0 Å². The van der Waals surface area contributed by atoms with Crippen LogP contribution in [0.15, 0.2) is 0 Å². The van der Waals surface area contributed by atoms with Gasteiger partial charge in [-0.3, -0.25) is 9.69 Å². The molecule has 1 aliphatic heterocycles. The second kappa shape index (κ2) is 7.38. The Morgan fingerprint density at radius 2 is 2.00 bits per heavy atom. The Bertz CT molecular complexity index is 318. The summed E-state index contributed by atoms with van der Waals surface area (Å²) in [5.74, 6) is 0.297. The molecule has 1 amide bonds. The molecule has 4 atom stereocenters. The zero-order chi connectivity index (χ0) is 14.5. The predicted octanol–water partition coefficient (Wildman–Crippen LogP) is 0.729. The number of amides is 1. The summed E-state index contributed by atoms with van der Waals surface area (Å²) in [4.78, 5) is 14.7. The molecule has 1 saturated carbocycles. The van der Waals surface area contributed by atoms with Gasteiger partial charge in [-0.05, 0) is 33.1 Å². The Hall–Kier alpha value is -0.650. The first-order valence-electron chi connectivity index (χ1n) is 7.95. The maximum Gasteiger partial charge on any atom is 0.223 e. The fourth-order valence-corrected chi connectivity index (χ4v) is 3.23. The van der Waals surface area contributed by atoms with Gasteiger partial charge in [-0.2, -0.15) is 0 Å². The van der Waals surface area contributed by atoms with Gasteiger partial charge in [0.2, 0.25) is 5.91 Å². The molecule has 5 heteroatoms. The van der Waals surface area contributed by atoms with Gasteiger partial charge in [0.15, 0.2) is 0 Å². The fraction of sp³-hybridized carbons (Fsp3) is 0.933. The molecule has 5 nitrogen and oxygen atoms in total. The number of hydrogen-bond donors (Lipinski definition) is 2. The lowest BCUT2D eigenvalue weighted by molar-refractivity contribution is -0.127. The van der Waals surface area contributed by atoms with E-state index < -0.39 is 0 Å². The standard InChI is InChI=1S/C15H29N3O2/c1-11(12(2)18-6-8-20-9-7-18)17-15(19)13-4-3-5-14(16)10-13/h11-14H,3-10,16H2,1-2H3,(H,17,19). The molecule has 1 saturated heterocycles. The Kier molecular flexibility index (Phi) is 5.81. The number of carbonyl (C=O) groups excluding carboxylic acids is 1. The number of nitrogens with zero attached hydrogens (tertiary/aromatic N) is 1. The van der Waals surface area contributed by atoms with Crippen molar-refractivity contribution < 1.29 is 9.53 Å². The van der Waals surface area contributed by atoms with Crippen LogP contribution in [0.3, 0.4) is 0 Å². The van der Waals surface area contributed by atoms with Gasteiger partial charge in [0, 0.05) is 37.1 Å². The molecule has 0 bridgehead atoms. The Morgan fingerprint density at radius 1 is 1.30 bits per heavy atom. The number of nitrogens with one attached hydrogen (secondary N) is 1. The number of morpholine rings is 1. The summed E-state index contributed by atoms with van der Waals surface area (Å²) in [6.45, 7) is 7.78. The topological polar surface area (TPSA) is 67.6 Å². The Morgan fingerprint density at radius 3 is 2.65 bits per heavy atom. The van der Waals surface area contributed by atoms with Crippen LogP contribution < -0.4 is 11.1 Å². The van der Waals surface area contributed by atoms with E-state index in [-0.39, 0.29) is 23.9 Å². The summed E-state index contributed by atoms with van der Waals surface area (Å²) in [6.07, 6.45) is 3.96. The van der Waals surface area contributed by atoms with Gasteiger partial charge in [-0.1, -0.05) is 6.42 Å². The second-order valence-electron chi connectivity index (χ2n) is 6.31. The zero-order valence-electron chi connectivity index (χ0n) is 12.8. The van der Waals surface area contributed by atoms with Crippen molar-refractivity contribution in [2.75, 3.05) is 26.3 Å². The number of rotatable bonds is 4. The largest absolute Gasteiger partial charge is 0.379 e. The van der Waals surface area contributed by atoms with Crippen molar-refractivity contribution in [1.29, 1.82) is 0 Å². The van der Waals surface area contributed by atoms with Gasteiger partial charge in [-0.15, -0.1) is 0 Å². The van der Waals surface area contributed by atoms with Crippen LogP contribution in [0.2, 0.25) is 0 Å². The molecule has 0 aromatic rings. The minimum absolute atomic E-state index is 0.109. The lowest BCUT2D eigenvalue weighted by atomic mass is 9.85. The minimum Gasteiger partial charge on any atom is -0.379 e. The van der Waals surface area contributed by atoms with E-state index >= 15 is 0 Å². The number of ether oxygens (including phenoxy) is 1. The van der Waals surface area contributed by atoms with Gasteiger partial charge in [-0.25, -0.2) is 0 Å². The van der Waals surface area contributed by atoms with Crippen LogP contribution in [0.1, 0.15) is 39.5 Å². The van der Waals surface area contributed by atoms with E-state index in [1.807, 2.05) is 0 Å². The highest BCUT2D eigenvalue weighted by Gasteiger charge is 2.28. The molecular formula is C15H29N3O2. The van der Waals surface area contributed by atoms with Gasteiger partial charge in [0.05, 0.1) is 13.2 Å². The molecule has 2 fully saturated rings. The molecule has 3 N–H and O–H groups in total. The minimum atomic E-state index is 0.109. The van der Waals surface area contributed by atoms with E-state index in [0.29, 0.717) is 6.04 Å². The zero-order valence-corrected chi connectivity index (χ0v) is 12.8. The number of nitrogens with two attached hydrogens (primary N) is 1. The predicted molar refractivity (Wildman–Crippen MR) is 79.4 cm³/mol. The highest BCUT2D eigenvalue weighted by Crippen LogP contribution is 2.23. The van der Waals surface area contributed by atoms with Gasteiger partial charge in [0.25, 0.3) is 0 Å². The molecule has 0 aromatic carbocycles. The van der Waals surface area contributed by atoms with Crippen LogP contribution in [0.5, 0.6) is 0 Å². The third-order valence-corrected chi connectivity index (χ3v) is 4.80. The van der Waals surface area contributed by atoms with E-state index in [1.54, 1.807) is 0 Å². The van der Waals surface area contributed by atoms with Crippen molar-refractivity contribution in [3.05, 3.63) is 0 Å². The summed E-state index contributed by atoms with van der Waals surface area (Å²) in [5.41, 5.74) is 5.97. The smallest absolute Gasteiger partial charge is 0.223 e. The summed E-state index contributed by atoms with van der Waals surface area (Å²) in [6, 6.07) is 0.713. The van der Waals surface area contributed by atoms with Gasteiger partial charge >= 0.3 is 0 Å². The molecule has 1 heterocycles. The average molecular weight is 283 g/mol. The van der Waals surface area contributed by atoms with Gasteiger partial charge < -0.3 is 15.8 Å². The maximum absolute atomic E-state index is 12.3. The van der Waals surface area contributed by atoms with Gasteiger partial charge in [0.1, 0.15) is 0 Å². The monoisotopic (exact) mass is 283 g/mol. The quantitative estimate of drug-likeness (QED) is 0.798. The summed E-state index contributed by atoms with van der Waals surface area (Å²) in [5, 5.41) is 3.19. The molecule has 4 unspecified atom stereocenters. The van der Waals surface area contributed by atoms with Crippen LogP contribution in [-0.2, 0) is 9.53 Å². The maximum atomic E-state index is 12.3. The molecular weight excluding hydrogens is 254 g/mol. The van der Waals surface area contributed by atoms with E-state index in [2.05, 4.69) is 24.1 Å². The Balaban J connectivity index is 1.80. The fourth-order valence-electron chi connectivity index (χ4n) is 3.23. The molecule has 20 heavy (non-hydrogen) atoms. The van der Waals surface area contributed by atoms with Crippen molar-refractivity contribution in [2.24, 2.45) is 11.7 Å². The summed E-state index contributed by atoms with van der Waals surface area (Å²) < 4.78 is 5.37. The van der Waals surface area contributed by atoms with E-state index in [9.17, 15) is 4.79 Å². The second-order valence-corrected chi connectivity index (χ2v) is 6.31. The van der Waals surface area contributed by atoms with Crippen LogP contribution >= 0.6 is 0 Å². The molecule has 0 radical (unpaired) electrons. The molecule has 1 aliphatic carbocycles. The van der Waals surface area contributed by atoms with E-state index in [4.69, 9.17) is 10.5 Å². The molecule has 0 spiro atoms. The molecule has 2 aliphatic rings. The number of carbonyl (C=O) groups is 1. The van der Waals surface area contributed by atoms with Crippen molar-refractivity contribution >= 4 is 5.91 Å². The van der Waals surface area contributed by atoms with Crippen molar-refractivity contribution in [1.82, 2.24) is 10.2 Å². The van der Waals surface area contributed by atoms with E-state index in [1.165, 1.54) is 0 Å². The van der Waals surface area contributed by atoms with Crippen LogP contribution in [0, 0.1) is 5.92 Å². The lowest BCUT2D eigenvalue weighted by Gasteiger charge is -2.36. The highest BCUT2D eigenvalue weighted by molar-refractivity contribution is 5.79. The first-order chi connectivity index (χ1) is 9.58. The third kappa shape index (κ3) is 4.17. The van der Waals surface area contributed by atoms with Crippen LogP contribution in [0.25, 0.3) is 0 Å². The molecule has 116 valence electrons. The molecule has 0 aromatic heterocycles. The third-order valence-electron chi connectivity index (χ3n) is 4.80. The molecule has 2 rings (SSSR count). The first kappa shape index (κ1) is 15.7. The normalized spacial score (nSPS) is 31.6. The Labute approximate surface area is 122 Å². The van der Waals surface area contributed by atoms with Crippen LogP contribution in [-0.4, -0.2) is 55.2 Å².